The summed E-state index contributed by atoms with van der Waals surface area (Å²) in [4.78, 5) is 7.77. The SMILES string of the molecule is COc1ccc2nc(SCCC(C)N)[nH]c2c1. The number of rotatable bonds is 5. The first kappa shape index (κ1) is 12.3. The van der Waals surface area contributed by atoms with E-state index in [9.17, 15) is 0 Å². The van der Waals surface area contributed by atoms with Gasteiger partial charge in [0, 0.05) is 17.9 Å². The van der Waals surface area contributed by atoms with Crippen LogP contribution in [0.3, 0.4) is 0 Å². The Balaban J connectivity index is 2.09. The van der Waals surface area contributed by atoms with E-state index in [0.717, 1.165) is 34.1 Å². The highest BCUT2D eigenvalue weighted by molar-refractivity contribution is 7.99. The number of nitrogens with two attached hydrogens (primary N) is 1. The molecule has 0 radical (unpaired) electrons. The normalized spacial score (nSPS) is 12.9. The largest absolute Gasteiger partial charge is 0.497 e. The number of aromatic nitrogens is 2. The Labute approximate surface area is 105 Å². The lowest BCUT2D eigenvalue weighted by Crippen LogP contribution is -2.15. The summed E-state index contributed by atoms with van der Waals surface area (Å²) in [5, 5.41) is 0.939. The summed E-state index contributed by atoms with van der Waals surface area (Å²) in [5.41, 5.74) is 7.68. The van der Waals surface area contributed by atoms with Crippen LogP contribution in [-0.4, -0.2) is 28.9 Å². The van der Waals surface area contributed by atoms with Crippen molar-refractivity contribution in [2.45, 2.75) is 24.5 Å². The van der Waals surface area contributed by atoms with Crippen molar-refractivity contribution < 1.29 is 4.74 Å². The van der Waals surface area contributed by atoms with Crippen LogP contribution in [0.5, 0.6) is 5.75 Å². The number of imidazole rings is 1. The molecule has 0 bridgehead atoms. The molecule has 2 aromatic rings. The second-order valence-corrected chi connectivity index (χ2v) is 5.12. The Morgan fingerprint density at radius 3 is 3.06 bits per heavy atom. The molecular weight excluding hydrogens is 234 g/mol. The number of methoxy groups -OCH3 is 1. The number of nitrogens with zero attached hydrogens (tertiary/aromatic N) is 1. The van der Waals surface area contributed by atoms with E-state index in [1.165, 1.54) is 0 Å². The number of ether oxygens (including phenoxy) is 1. The third-order valence-electron chi connectivity index (χ3n) is 2.48. The highest BCUT2D eigenvalue weighted by atomic mass is 32.2. The van der Waals surface area contributed by atoms with Crippen molar-refractivity contribution in [3.8, 4) is 5.75 Å². The van der Waals surface area contributed by atoms with Crippen LogP contribution >= 0.6 is 11.8 Å². The van der Waals surface area contributed by atoms with Gasteiger partial charge in [-0.15, -0.1) is 0 Å². The molecule has 0 fully saturated rings. The fourth-order valence-electron chi connectivity index (χ4n) is 1.50. The fourth-order valence-corrected chi connectivity index (χ4v) is 2.53. The van der Waals surface area contributed by atoms with Crippen LogP contribution < -0.4 is 10.5 Å². The lowest BCUT2D eigenvalue weighted by molar-refractivity contribution is 0.415. The molecular formula is C12H17N3OS. The van der Waals surface area contributed by atoms with Gasteiger partial charge in [-0.25, -0.2) is 4.98 Å². The van der Waals surface area contributed by atoms with E-state index in [4.69, 9.17) is 10.5 Å². The predicted octanol–water partition coefficient (Wildman–Crippen LogP) is 2.40. The molecule has 1 aromatic heterocycles. The summed E-state index contributed by atoms with van der Waals surface area (Å²) in [6.07, 6.45) is 0.991. The number of fused-ring (bicyclic) bond motifs is 1. The zero-order valence-electron chi connectivity index (χ0n) is 10.1. The van der Waals surface area contributed by atoms with Crippen molar-refractivity contribution >= 4 is 22.8 Å². The molecule has 0 saturated carbocycles. The van der Waals surface area contributed by atoms with Gasteiger partial charge in [-0.3, -0.25) is 0 Å². The van der Waals surface area contributed by atoms with E-state index in [1.54, 1.807) is 18.9 Å². The van der Waals surface area contributed by atoms with Crippen molar-refractivity contribution in [1.29, 1.82) is 0 Å². The van der Waals surface area contributed by atoms with E-state index >= 15 is 0 Å². The average Bonchev–Trinajstić information content (AvgIpc) is 2.69. The lowest BCUT2D eigenvalue weighted by Gasteiger charge is -2.01. The van der Waals surface area contributed by atoms with Gasteiger partial charge in [-0.2, -0.15) is 0 Å². The Bertz CT molecular complexity index is 495. The number of thioether (sulfide) groups is 1. The van der Waals surface area contributed by atoms with Crippen LogP contribution in [-0.2, 0) is 0 Å². The summed E-state index contributed by atoms with van der Waals surface area (Å²) in [7, 11) is 1.66. The predicted molar refractivity (Wildman–Crippen MR) is 71.6 cm³/mol. The van der Waals surface area contributed by atoms with Gasteiger partial charge in [0.25, 0.3) is 0 Å². The molecule has 4 nitrogen and oxygen atoms in total. The van der Waals surface area contributed by atoms with Crippen LogP contribution in [0, 0.1) is 0 Å². The lowest BCUT2D eigenvalue weighted by atomic mass is 10.3. The van der Waals surface area contributed by atoms with E-state index in [2.05, 4.69) is 9.97 Å². The molecule has 5 heteroatoms. The van der Waals surface area contributed by atoms with Crippen molar-refractivity contribution in [3.63, 3.8) is 0 Å². The summed E-state index contributed by atoms with van der Waals surface area (Å²) in [6.45, 7) is 2.02. The van der Waals surface area contributed by atoms with Crippen molar-refractivity contribution in [3.05, 3.63) is 18.2 Å². The summed E-state index contributed by atoms with van der Waals surface area (Å²) >= 11 is 1.70. The molecule has 1 unspecified atom stereocenters. The number of benzene rings is 1. The first-order valence-electron chi connectivity index (χ1n) is 5.61. The number of nitrogens with one attached hydrogen (secondary N) is 1. The molecule has 2 rings (SSSR count). The van der Waals surface area contributed by atoms with Gasteiger partial charge >= 0.3 is 0 Å². The van der Waals surface area contributed by atoms with Crippen LogP contribution in [0.4, 0.5) is 0 Å². The van der Waals surface area contributed by atoms with Gasteiger partial charge in [-0.05, 0) is 25.5 Å². The molecule has 0 spiro atoms. The minimum atomic E-state index is 0.243. The molecule has 0 amide bonds. The number of hydrogen-bond donors (Lipinski definition) is 2. The summed E-state index contributed by atoms with van der Waals surface area (Å²) in [6, 6.07) is 6.07. The minimum absolute atomic E-state index is 0.243. The van der Waals surface area contributed by atoms with Crippen molar-refractivity contribution in [2.24, 2.45) is 5.73 Å². The second kappa shape index (κ2) is 5.42. The maximum absolute atomic E-state index is 5.71. The Morgan fingerprint density at radius 1 is 1.53 bits per heavy atom. The zero-order valence-corrected chi connectivity index (χ0v) is 10.9. The zero-order chi connectivity index (χ0) is 12.3. The van der Waals surface area contributed by atoms with E-state index in [0.29, 0.717) is 0 Å². The summed E-state index contributed by atoms with van der Waals surface area (Å²) in [5.74, 6) is 1.82. The fraction of sp³-hybridized carbons (Fsp3) is 0.417. The molecule has 3 N–H and O–H groups in total. The van der Waals surface area contributed by atoms with Crippen LogP contribution in [0.15, 0.2) is 23.4 Å². The van der Waals surface area contributed by atoms with Gasteiger partial charge in [-0.1, -0.05) is 11.8 Å². The quantitative estimate of drug-likeness (QED) is 0.801. The molecule has 1 heterocycles. The van der Waals surface area contributed by atoms with Gasteiger partial charge < -0.3 is 15.5 Å². The molecule has 0 saturated heterocycles. The van der Waals surface area contributed by atoms with Crippen molar-refractivity contribution in [2.75, 3.05) is 12.9 Å². The minimum Gasteiger partial charge on any atom is -0.497 e. The maximum Gasteiger partial charge on any atom is 0.166 e. The van der Waals surface area contributed by atoms with Gasteiger partial charge in [0.15, 0.2) is 5.16 Å². The third-order valence-corrected chi connectivity index (χ3v) is 3.39. The molecule has 92 valence electrons. The smallest absolute Gasteiger partial charge is 0.166 e. The first-order valence-corrected chi connectivity index (χ1v) is 6.59. The molecule has 1 atom stereocenters. The summed E-state index contributed by atoms with van der Waals surface area (Å²) < 4.78 is 5.17. The first-order chi connectivity index (χ1) is 8.19. The molecule has 1 aromatic carbocycles. The molecule has 0 aliphatic heterocycles. The molecule has 0 aliphatic rings. The Hall–Kier alpha value is -1.20. The Kier molecular flexibility index (Phi) is 3.91. The number of hydrogen-bond acceptors (Lipinski definition) is 4. The molecule has 17 heavy (non-hydrogen) atoms. The third kappa shape index (κ3) is 3.14. The highest BCUT2D eigenvalue weighted by Gasteiger charge is 2.05. The van der Waals surface area contributed by atoms with E-state index in [-0.39, 0.29) is 6.04 Å². The van der Waals surface area contributed by atoms with E-state index in [1.807, 2.05) is 25.1 Å². The monoisotopic (exact) mass is 251 g/mol. The van der Waals surface area contributed by atoms with E-state index < -0.39 is 0 Å². The van der Waals surface area contributed by atoms with Crippen LogP contribution in [0.2, 0.25) is 0 Å². The standard InChI is InChI=1S/C12H17N3OS/c1-8(13)5-6-17-12-14-10-4-3-9(16-2)7-11(10)15-12/h3-4,7-8H,5-6,13H2,1-2H3,(H,14,15). The number of H-pyrrole nitrogens is 1. The Morgan fingerprint density at radius 2 is 2.35 bits per heavy atom. The average molecular weight is 251 g/mol. The maximum atomic E-state index is 5.71. The number of aromatic amines is 1. The molecule has 0 aliphatic carbocycles. The van der Waals surface area contributed by atoms with Crippen LogP contribution in [0.1, 0.15) is 13.3 Å². The van der Waals surface area contributed by atoms with Gasteiger partial charge in [0.05, 0.1) is 18.1 Å². The topological polar surface area (TPSA) is 63.9 Å². The van der Waals surface area contributed by atoms with Crippen molar-refractivity contribution in [1.82, 2.24) is 9.97 Å². The highest BCUT2D eigenvalue weighted by Crippen LogP contribution is 2.23. The van der Waals surface area contributed by atoms with Crippen LogP contribution in [0.25, 0.3) is 11.0 Å². The van der Waals surface area contributed by atoms with Gasteiger partial charge in [0.1, 0.15) is 5.75 Å². The second-order valence-electron chi connectivity index (χ2n) is 4.04. The van der Waals surface area contributed by atoms with Gasteiger partial charge in [0.2, 0.25) is 0 Å².